The van der Waals surface area contributed by atoms with Crippen molar-refractivity contribution in [3.05, 3.63) is 39.7 Å². The van der Waals surface area contributed by atoms with E-state index in [4.69, 9.17) is 5.11 Å². The number of aromatic nitrogens is 1. The Kier molecular flexibility index (Phi) is 7.87. The third kappa shape index (κ3) is 6.30. The van der Waals surface area contributed by atoms with Crippen LogP contribution < -0.4 is 5.56 Å². The molecule has 0 bridgehead atoms. The molecular formula is C13H19NO3S. The molecule has 0 saturated heterocycles. The fourth-order valence-electron chi connectivity index (χ4n) is 0.851. The number of carboxylic acid groups (broad SMARTS) is 1. The first kappa shape index (κ1) is 16.5. The van der Waals surface area contributed by atoms with Gasteiger partial charge in [-0.1, -0.05) is 45.0 Å². The second kappa shape index (κ2) is 8.58. The fraction of sp³-hybridized carbons (Fsp3) is 0.385. The number of hydrogen-bond donors (Lipinski definition) is 2. The second-order valence-electron chi connectivity index (χ2n) is 3.64. The highest BCUT2D eigenvalue weighted by Crippen LogP contribution is 2.26. The van der Waals surface area contributed by atoms with E-state index in [-0.39, 0.29) is 10.5 Å². The Labute approximate surface area is 111 Å². The number of pyridine rings is 1. The molecule has 5 heteroatoms. The summed E-state index contributed by atoms with van der Waals surface area (Å²) in [6.45, 7) is 9.45. The Balaban J connectivity index is 0.000000631. The summed E-state index contributed by atoms with van der Waals surface area (Å²) in [4.78, 5) is 24.6. The summed E-state index contributed by atoms with van der Waals surface area (Å²) in [7, 11) is 0. The Morgan fingerprint density at radius 3 is 2.33 bits per heavy atom. The minimum atomic E-state index is -1.06. The minimum absolute atomic E-state index is 0.0279. The number of carbonyl (C=O) groups is 1. The van der Waals surface area contributed by atoms with Gasteiger partial charge >= 0.3 is 5.97 Å². The molecule has 1 heterocycles. The number of rotatable bonds is 4. The molecule has 1 aromatic heterocycles. The SMILES string of the molecule is C=C(Sc1ccc(=O)[nH]c1C)C(=O)O.CCCC. The largest absolute Gasteiger partial charge is 0.477 e. The minimum Gasteiger partial charge on any atom is -0.477 e. The topological polar surface area (TPSA) is 70.2 Å². The number of thioether (sulfide) groups is 1. The zero-order valence-corrected chi connectivity index (χ0v) is 11.8. The van der Waals surface area contributed by atoms with Crippen LogP contribution in [0.5, 0.6) is 0 Å². The molecule has 0 amide bonds. The molecule has 0 aliphatic heterocycles. The van der Waals surface area contributed by atoms with Crippen LogP contribution in [0.15, 0.2) is 33.3 Å². The van der Waals surface area contributed by atoms with Gasteiger partial charge in [-0.15, -0.1) is 0 Å². The zero-order chi connectivity index (χ0) is 14.1. The molecule has 1 rings (SSSR count). The third-order valence-electron chi connectivity index (χ3n) is 2.04. The number of unbranched alkanes of at least 4 members (excludes halogenated alkanes) is 1. The van der Waals surface area contributed by atoms with Gasteiger partial charge in [-0.25, -0.2) is 4.79 Å². The standard InChI is InChI=1S/C9H9NO3S.C4H10/c1-5-7(3-4-8(11)10-5)14-6(2)9(12)13;1-3-4-2/h3-4H,2H2,1H3,(H,10,11)(H,12,13);3-4H2,1-2H3. The number of aliphatic carboxylic acids is 1. The van der Waals surface area contributed by atoms with Gasteiger partial charge in [0.2, 0.25) is 5.56 Å². The molecule has 100 valence electrons. The van der Waals surface area contributed by atoms with E-state index in [1.807, 2.05) is 0 Å². The van der Waals surface area contributed by atoms with Crippen LogP contribution >= 0.6 is 11.8 Å². The van der Waals surface area contributed by atoms with Crippen LogP contribution in [0.3, 0.4) is 0 Å². The van der Waals surface area contributed by atoms with Crippen molar-refractivity contribution in [3.8, 4) is 0 Å². The van der Waals surface area contributed by atoms with Gasteiger partial charge in [0.05, 0.1) is 4.91 Å². The smallest absolute Gasteiger partial charge is 0.341 e. The van der Waals surface area contributed by atoms with Crippen molar-refractivity contribution in [2.45, 2.75) is 38.5 Å². The van der Waals surface area contributed by atoms with Gasteiger partial charge < -0.3 is 10.1 Å². The number of aromatic amines is 1. The van der Waals surface area contributed by atoms with E-state index >= 15 is 0 Å². The van der Waals surface area contributed by atoms with Crippen molar-refractivity contribution in [2.24, 2.45) is 0 Å². The van der Waals surface area contributed by atoms with Gasteiger partial charge in [0.15, 0.2) is 0 Å². The maximum absolute atomic E-state index is 10.9. The van der Waals surface area contributed by atoms with Gasteiger partial charge in [0.1, 0.15) is 0 Å². The molecule has 0 aliphatic carbocycles. The maximum Gasteiger partial charge on any atom is 0.341 e. The average molecular weight is 269 g/mol. The number of carboxylic acids is 1. The highest BCUT2D eigenvalue weighted by Gasteiger charge is 2.08. The van der Waals surface area contributed by atoms with Crippen LogP contribution in [0.2, 0.25) is 0 Å². The van der Waals surface area contributed by atoms with E-state index in [9.17, 15) is 9.59 Å². The van der Waals surface area contributed by atoms with E-state index < -0.39 is 5.97 Å². The lowest BCUT2D eigenvalue weighted by Crippen LogP contribution is -2.05. The van der Waals surface area contributed by atoms with Gasteiger partial charge in [0.25, 0.3) is 0 Å². The van der Waals surface area contributed by atoms with Gasteiger partial charge in [-0.2, -0.15) is 0 Å². The predicted molar refractivity (Wildman–Crippen MR) is 75.0 cm³/mol. The van der Waals surface area contributed by atoms with Gasteiger partial charge in [0, 0.05) is 16.7 Å². The second-order valence-corrected chi connectivity index (χ2v) is 4.78. The van der Waals surface area contributed by atoms with Crippen molar-refractivity contribution in [3.63, 3.8) is 0 Å². The van der Waals surface area contributed by atoms with Crippen molar-refractivity contribution < 1.29 is 9.90 Å². The van der Waals surface area contributed by atoms with Crippen LogP contribution in [0.1, 0.15) is 32.4 Å². The van der Waals surface area contributed by atoms with Gasteiger partial charge in [-0.3, -0.25) is 4.79 Å². The lowest BCUT2D eigenvalue weighted by Gasteiger charge is -2.03. The molecule has 0 atom stereocenters. The van der Waals surface area contributed by atoms with Crippen molar-refractivity contribution in [1.29, 1.82) is 0 Å². The lowest BCUT2D eigenvalue weighted by atomic mass is 10.4. The summed E-state index contributed by atoms with van der Waals surface area (Å²) in [5.41, 5.74) is 0.442. The first-order valence-electron chi connectivity index (χ1n) is 5.72. The van der Waals surface area contributed by atoms with Crippen LogP contribution in [0.25, 0.3) is 0 Å². The molecule has 1 aromatic rings. The van der Waals surface area contributed by atoms with E-state index in [0.717, 1.165) is 11.8 Å². The first-order chi connectivity index (χ1) is 8.42. The molecule has 0 unspecified atom stereocenters. The van der Waals surface area contributed by atoms with Crippen LogP contribution in [-0.2, 0) is 4.79 Å². The number of H-pyrrole nitrogens is 1. The van der Waals surface area contributed by atoms with Gasteiger partial charge in [-0.05, 0) is 13.0 Å². The molecule has 0 spiro atoms. The molecule has 2 N–H and O–H groups in total. The summed E-state index contributed by atoms with van der Waals surface area (Å²) >= 11 is 1.02. The zero-order valence-electron chi connectivity index (χ0n) is 10.9. The molecule has 0 radical (unpaired) electrons. The fourth-order valence-corrected chi connectivity index (χ4v) is 1.54. The monoisotopic (exact) mass is 269 g/mol. The Morgan fingerprint density at radius 2 is 1.94 bits per heavy atom. The van der Waals surface area contributed by atoms with Crippen LogP contribution in [0.4, 0.5) is 0 Å². The van der Waals surface area contributed by atoms with Crippen LogP contribution in [-0.4, -0.2) is 16.1 Å². The maximum atomic E-state index is 10.9. The summed E-state index contributed by atoms with van der Waals surface area (Å²) in [5, 5.41) is 8.60. The molecule has 4 nitrogen and oxygen atoms in total. The Morgan fingerprint density at radius 1 is 1.39 bits per heavy atom. The number of aryl methyl sites for hydroxylation is 1. The normalized spacial score (nSPS) is 9.28. The summed E-state index contributed by atoms with van der Waals surface area (Å²) < 4.78 is 0. The number of nitrogens with one attached hydrogen (secondary N) is 1. The summed E-state index contributed by atoms with van der Waals surface area (Å²) in [6, 6.07) is 2.93. The quantitative estimate of drug-likeness (QED) is 0.650. The molecule has 0 aromatic carbocycles. The van der Waals surface area contributed by atoms with Crippen LogP contribution in [0, 0.1) is 6.92 Å². The Bertz CT molecular complexity index is 464. The van der Waals surface area contributed by atoms with E-state index in [2.05, 4.69) is 25.4 Å². The number of hydrogen-bond acceptors (Lipinski definition) is 3. The molecule has 0 aliphatic rings. The Hall–Kier alpha value is -1.49. The van der Waals surface area contributed by atoms with E-state index in [0.29, 0.717) is 10.6 Å². The molecular weight excluding hydrogens is 250 g/mol. The average Bonchev–Trinajstić information content (AvgIpc) is 2.32. The van der Waals surface area contributed by atoms with E-state index in [1.165, 1.54) is 18.9 Å². The lowest BCUT2D eigenvalue weighted by molar-refractivity contribution is -0.131. The highest BCUT2D eigenvalue weighted by atomic mass is 32.2. The molecule has 18 heavy (non-hydrogen) atoms. The predicted octanol–water partition coefficient (Wildman–Crippen LogP) is 3.18. The highest BCUT2D eigenvalue weighted by molar-refractivity contribution is 8.04. The summed E-state index contributed by atoms with van der Waals surface area (Å²) in [5.74, 6) is -1.06. The van der Waals surface area contributed by atoms with E-state index in [1.54, 1.807) is 13.0 Å². The summed E-state index contributed by atoms with van der Waals surface area (Å²) in [6.07, 6.45) is 2.64. The van der Waals surface area contributed by atoms with Crippen molar-refractivity contribution in [1.82, 2.24) is 4.98 Å². The molecule has 0 saturated carbocycles. The molecule has 0 fully saturated rings. The van der Waals surface area contributed by atoms with Crippen molar-refractivity contribution in [2.75, 3.05) is 0 Å². The van der Waals surface area contributed by atoms with Crippen molar-refractivity contribution >= 4 is 17.7 Å². The first-order valence-corrected chi connectivity index (χ1v) is 6.54. The third-order valence-corrected chi connectivity index (χ3v) is 3.12.